The number of aliphatic carboxylic acids is 1. The molecule has 1 amide bonds. The van der Waals surface area contributed by atoms with Gasteiger partial charge in [0, 0.05) is 33.0 Å². The second-order valence-electron chi connectivity index (χ2n) is 11.8. The third-order valence-corrected chi connectivity index (χ3v) is 7.99. The maximum absolute atomic E-state index is 14.2. The van der Waals surface area contributed by atoms with Gasteiger partial charge < -0.3 is 24.6 Å². The average Bonchev–Trinajstić information content (AvgIpc) is 3.04. The minimum atomic E-state index is -2.62. The van der Waals surface area contributed by atoms with E-state index in [-0.39, 0.29) is 38.9 Å². The number of carbonyl (C=O) groups is 3. The van der Waals surface area contributed by atoms with Crippen LogP contribution in [0.3, 0.4) is 0 Å². The van der Waals surface area contributed by atoms with E-state index in [2.05, 4.69) is 24.1 Å². The summed E-state index contributed by atoms with van der Waals surface area (Å²) in [5, 5.41) is 12.7. The van der Waals surface area contributed by atoms with Crippen LogP contribution in [0, 0.1) is 23.7 Å². The molecule has 0 saturated carbocycles. The van der Waals surface area contributed by atoms with E-state index in [0.717, 1.165) is 44.1 Å². The number of halogens is 2. The molecule has 3 atom stereocenters. The standard InChI is InChI=1S/C37H55F2NO7/c1-5-7-9-13-16-24-37(38,39)25-17-14-11-10-12-15-18-31(32(35(42)43)23-27-45-3)34(41)40-33(36(44)46-4)28-29-19-21-30(22-20-29)47-26-8-6-2/h15,18-22,31-33H,5,7,9-14,16-17,23-28H2,1-4H3,(H,40,41)(H,42,43)/b18-15+/t31-,32+,33-/m0/s1. The predicted molar refractivity (Wildman–Crippen MR) is 179 cm³/mol. The lowest BCUT2D eigenvalue weighted by atomic mass is 9.87. The zero-order chi connectivity index (χ0) is 34.9. The SMILES string of the molecule is CC#CCOc1ccc(C[C@H](NC(=O)[C@@H](/C=C/CCCCCCC(F)(F)CCCCCCC)[C@@H](CCOC)C(=O)O)C(=O)OC)cc1. The second-order valence-corrected chi connectivity index (χ2v) is 11.8. The van der Waals surface area contributed by atoms with E-state index in [1.165, 1.54) is 14.2 Å². The lowest BCUT2D eigenvalue weighted by Crippen LogP contribution is -2.47. The molecule has 0 spiro atoms. The number of nitrogens with one attached hydrogen (secondary N) is 1. The predicted octanol–water partition coefficient (Wildman–Crippen LogP) is 7.54. The summed E-state index contributed by atoms with van der Waals surface area (Å²) >= 11 is 0. The third-order valence-electron chi connectivity index (χ3n) is 7.99. The summed E-state index contributed by atoms with van der Waals surface area (Å²) in [6.45, 7) is 4.20. The molecule has 0 aromatic heterocycles. The molecule has 1 aromatic rings. The van der Waals surface area contributed by atoms with Gasteiger partial charge in [0.1, 0.15) is 18.4 Å². The number of carboxylic acids is 1. The van der Waals surface area contributed by atoms with Gasteiger partial charge in [0.25, 0.3) is 0 Å². The summed E-state index contributed by atoms with van der Waals surface area (Å²) in [4.78, 5) is 38.4. The van der Waals surface area contributed by atoms with Crippen molar-refractivity contribution < 1.29 is 42.5 Å². The number of alkyl halides is 2. The fourth-order valence-corrected chi connectivity index (χ4v) is 5.21. The Hall–Kier alpha value is -3.45. The molecule has 264 valence electrons. The summed E-state index contributed by atoms with van der Waals surface area (Å²) in [5.74, 6) is -1.04. The zero-order valence-corrected chi connectivity index (χ0v) is 28.7. The largest absolute Gasteiger partial charge is 0.481 e. The maximum Gasteiger partial charge on any atom is 0.328 e. The van der Waals surface area contributed by atoms with Crippen LogP contribution in [0.4, 0.5) is 8.78 Å². The van der Waals surface area contributed by atoms with Crippen LogP contribution >= 0.6 is 0 Å². The summed E-state index contributed by atoms with van der Waals surface area (Å²) in [7, 11) is 2.67. The summed E-state index contributed by atoms with van der Waals surface area (Å²) in [5.41, 5.74) is 0.737. The van der Waals surface area contributed by atoms with Gasteiger partial charge in [-0.05, 0) is 56.7 Å². The van der Waals surface area contributed by atoms with Crippen molar-refractivity contribution in [2.75, 3.05) is 27.4 Å². The van der Waals surface area contributed by atoms with E-state index in [1.807, 2.05) is 0 Å². The van der Waals surface area contributed by atoms with E-state index >= 15 is 0 Å². The molecule has 0 aliphatic carbocycles. The molecule has 2 N–H and O–H groups in total. The van der Waals surface area contributed by atoms with E-state index in [9.17, 15) is 28.3 Å². The molecule has 8 nitrogen and oxygen atoms in total. The third kappa shape index (κ3) is 18.5. The van der Waals surface area contributed by atoms with E-state index in [0.29, 0.717) is 31.4 Å². The highest BCUT2D eigenvalue weighted by molar-refractivity contribution is 5.90. The number of esters is 1. The molecule has 0 fully saturated rings. The Morgan fingerprint density at radius 2 is 1.62 bits per heavy atom. The molecule has 0 heterocycles. The topological polar surface area (TPSA) is 111 Å². The first-order valence-corrected chi connectivity index (χ1v) is 16.8. The number of allylic oxidation sites excluding steroid dienone is 1. The highest BCUT2D eigenvalue weighted by Gasteiger charge is 2.34. The fourth-order valence-electron chi connectivity index (χ4n) is 5.21. The molecule has 0 aliphatic heterocycles. The lowest BCUT2D eigenvalue weighted by molar-refractivity contribution is -0.148. The Kier molecular flexibility index (Phi) is 21.8. The van der Waals surface area contributed by atoms with Gasteiger partial charge >= 0.3 is 11.9 Å². The van der Waals surface area contributed by atoms with Gasteiger partial charge in [-0.3, -0.25) is 9.59 Å². The molecule has 0 aliphatic rings. The molecular formula is C37H55F2NO7. The van der Waals surface area contributed by atoms with Crippen molar-refractivity contribution in [1.29, 1.82) is 0 Å². The normalized spacial score (nSPS) is 13.3. The monoisotopic (exact) mass is 663 g/mol. The molecule has 1 rings (SSSR count). The Morgan fingerprint density at radius 3 is 2.19 bits per heavy atom. The van der Waals surface area contributed by atoms with Crippen molar-refractivity contribution in [3.8, 4) is 17.6 Å². The fraction of sp³-hybridized carbons (Fsp3) is 0.649. The number of unbranched alkanes of at least 4 members (excludes halogenated alkanes) is 8. The van der Waals surface area contributed by atoms with Gasteiger partial charge in [-0.2, -0.15) is 0 Å². The number of carboxylic acid groups (broad SMARTS) is 1. The molecule has 0 bridgehead atoms. The van der Waals surface area contributed by atoms with Gasteiger partial charge in [-0.15, -0.1) is 5.92 Å². The summed E-state index contributed by atoms with van der Waals surface area (Å²) in [6.07, 6.45) is 11.1. The first-order chi connectivity index (χ1) is 22.6. The molecule has 0 saturated heterocycles. The lowest BCUT2D eigenvalue weighted by Gasteiger charge is -2.24. The van der Waals surface area contributed by atoms with Crippen molar-refractivity contribution in [1.82, 2.24) is 5.32 Å². The van der Waals surface area contributed by atoms with Crippen molar-refractivity contribution in [2.24, 2.45) is 11.8 Å². The van der Waals surface area contributed by atoms with Crippen LogP contribution in [0.1, 0.15) is 103 Å². The number of hydrogen-bond acceptors (Lipinski definition) is 6. The van der Waals surface area contributed by atoms with Crippen LogP contribution in [0.25, 0.3) is 0 Å². The van der Waals surface area contributed by atoms with Crippen LogP contribution in [0.5, 0.6) is 5.75 Å². The first kappa shape index (κ1) is 41.6. The first-order valence-electron chi connectivity index (χ1n) is 16.8. The maximum atomic E-state index is 14.2. The Morgan fingerprint density at radius 1 is 0.979 bits per heavy atom. The highest BCUT2D eigenvalue weighted by atomic mass is 19.3. The van der Waals surface area contributed by atoms with Crippen LogP contribution < -0.4 is 10.1 Å². The van der Waals surface area contributed by atoms with Crippen molar-refractivity contribution >= 4 is 17.8 Å². The van der Waals surface area contributed by atoms with E-state index in [1.54, 1.807) is 43.3 Å². The van der Waals surface area contributed by atoms with Crippen molar-refractivity contribution in [2.45, 2.75) is 116 Å². The minimum absolute atomic E-state index is 0.0517. The number of hydrogen-bond donors (Lipinski definition) is 2. The van der Waals surface area contributed by atoms with Crippen LogP contribution in [-0.2, 0) is 30.3 Å². The Labute approximate surface area is 280 Å². The number of carbonyl (C=O) groups excluding carboxylic acids is 2. The molecule has 1 aromatic carbocycles. The number of amides is 1. The van der Waals surface area contributed by atoms with Gasteiger partial charge in [0.05, 0.1) is 18.9 Å². The van der Waals surface area contributed by atoms with Gasteiger partial charge in [0.15, 0.2) is 0 Å². The van der Waals surface area contributed by atoms with Crippen LogP contribution in [0.15, 0.2) is 36.4 Å². The molecule has 47 heavy (non-hydrogen) atoms. The number of ether oxygens (including phenoxy) is 3. The Balaban J connectivity index is 2.80. The zero-order valence-electron chi connectivity index (χ0n) is 28.7. The van der Waals surface area contributed by atoms with Crippen LogP contribution in [-0.4, -0.2) is 62.4 Å². The van der Waals surface area contributed by atoms with E-state index in [4.69, 9.17) is 14.2 Å². The van der Waals surface area contributed by atoms with Gasteiger partial charge in [0.2, 0.25) is 11.8 Å². The molecule has 0 radical (unpaired) electrons. The van der Waals surface area contributed by atoms with Crippen LogP contribution in [0.2, 0.25) is 0 Å². The van der Waals surface area contributed by atoms with Gasteiger partial charge in [-0.25, -0.2) is 13.6 Å². The smallest absolute Gasteiger partial charge is 0.328 e. The van der Waals surface area contributed by atoms with E-state index < -0.39 is 41.6 Å². The average molecular weight is 664 g/mol. The molecule has 0 unspecified atom stereocenters. The quantitative estimate of drug-likeness (QED) is 0.0456. The second kappa shape index (κ2) is 24.7. The summed E-state index contributed by atoms with van der Waals surface area (Å²) < 4.78 is 43.9. The number of methoxy groups -OCH3 is 2. The molecular weight excluding hydrogens is 608 g/mol. The highest BCUT2D eigenvalue weighted by Crippen LogP contribution is 2.28. The van der Waals surface area contributed by atoms with Gasteiger partial charge in [-0.1, -0.05) is 75.7 Å². The van der Waals surface area contributed by atoms with Crippen molar-refractivity contribution in [3.05, 3.63) is 42.0 Å². The Bertz CT molecular complexity index is 1130. The minimum Gasteiger partial charge on any atom is -0.481 e. The number of benzene rings is 1. The number of rotatable bonds is 26. The summed E-state index contributed by atoms with van der Waals surface area (Å²) in [6, 6.07) is 5.96. The molecule has 10 heteroatoms. The van der Waals surface area contributed by atoms with Crippen molar-refractivity contribution in [3.63, 3.8) is 0 Å².